The monoisotopic (exact) mass is 230 g/mol. The predicted molar refractivity (Wildman–Crippen MR) is 65.5 cm³/mol. The molecule has 1 rings (SSSR count). The Morgan fingerprint density at radius 2 is 2.06 bits per heavy atom. The summed E-state index contributed by atoms with van der Waals surface area (Å²) in [6.07, 6.45) is 0.316. The fraction of sp³-hybridized carbons (Fsp3) is 1.00. The van der Waals surface area contributed by atoms with Crippen LogP contribution in [0.25, 0.3) is 0 Å². The Hall–Kier alpha value is -0.160. The first-order valence-corrected chi connectivity index (χ1v) is 6.14. The first-order chi connectivity index (χ1) is 7.38. The zero-order valence-electron chi connectivity index (χ0n) is 11.2. The molecule has 1 aliphatic heterocycles. The van der Waals surface area contributed by atoms with Gasteiger partial charge in [-0.25, -0.2) is 0 Å². The van der Waals surface area contributed by atoms with E-state index in [1.165, 1.54) is 0 Å². The fourth-order valence-corrected chi connectivity index (χ4v) is 1.94. The second-order valence-corrected chi connectivity index (χ2v) is 5.49. The first-order valence-electron chi connectivity index (χ1n) is 6.14. The van der Waals surface area contributed by atoms with Gasteiger partial charge in [0.15, 0.2) is 0 Å². The predicted octanol–water partition coefficient (Wildman–Crippen LogP) is 1.11. The molecule has 0 bridgehead atoms. The van der Waals surface area contributed by atoms with E-state index in [9.17, 15) is 0 Å². The maximum Gasteiger partial charge on any atom is 0.106 e. The molecule has 0 spiro atoms. The standard InChI is InChI=1S/C12H26N2O2/c1-9(11-8-13-6-7-15-11)16-10(2)14-12(3,4)5/h9-11,13-14H,6-8H2,1-5H3. The molecule has 0 aromatic heterocycles. The van der Waals surface area contributed by atoms with Crippen molar-refractivity contribution in [3.63, 3.8) is 0 Å². The number of nitrogens with one attached hydrogen (secondary N) is 2. The van der Waals surface area contributed by atoms with Crippen LogP contribution < -0.4 is 10.6 Å². The van der Waals surface area contributed by atoms with Crippen LogP contribution in [0, 0.1) is 0 Å². The van der Waals surface area contributed by atoms with Crippen LogP contribution in [0.3, 0.4) is 0 Å². The summed E-state index contributed by atoms with van der Waals surface area (Å²) in [6, 6.07) is 0. The van der Waals surface area contributed by atoms with Gasteiger partial charge in [0.1, 0.15) is 6.23 Å². The zero-order chi connectivity index (χ0) is 12.2. The molecule has 0 aromatic carbocycles. The van der Waals surface area contributed by atoms with Gasteiger partial charge in [-0.2, -0.15) is 0 Å². The Morgan fingerprint density at radius 3 is 2.56 bits per heavy atom. The van der Waals surface area contributed by atoms with E-state index >= 15 is 0 Å². The molecule has 4 heteroatoms. The van der Waals surface area contributed by atoms with Crippen LogP contribution in [0.1, 0.15) is 34.6 Å². The van der Waals surface area contributed by atoms with Crippen molar-refractivity contribution in [1.82, 2.24) is 10.6 Å². The molecule has 1 heterocycles. The van der Waals surface area contributed by atoms with Crippen molar-refractivity contribution < 1.29 is 9.47 Å². The maximum atomic E-state index is 5.89. The van der Waals surface area contributed by atoms with Gasteiger partial charge in [-0.05, 0) is 34.6 Å². The minimum atomic E-state index is 0.0422. The topological polar surface area (TPSA) is 42.5 Å². The SMILES string of the molecule is CC(NC(C)(C)C)OC(C)C1CNCCO1. The quantitative estimate of drug-likeness (QED) is 0.710. The molecular formula is C12H26N2O2. The number of hydrogen-bond donors (Lipinski definition) is 2. The van der Waals surface area contributed by atoms with Gasteiger partial charge in [-0.3, -0.25) is 5.32 Å². The van der Waals surface area contributed by atoms with Crippen molar-refractivity contribution in [2.45, 2.75) is 58.6 Å². The summed E-state index contributed by atoms with van der Waals surface area (Å²) >= 11 is 0. The lowest BCUT2D eigenvalue weighted by molar-refractivity contribution is -0.110. The normalized spacial score (nSPS) is 26.4. The van der Waals surface area contributed by atoms with Gasteiger partial charge in [0.25, 0.3) is 0 Å². The number of rotatable bonds is 4. The molecule has 1 aliphatic rings. The number of ether oxygens (including phenoxy) is 2. The number of hydrogen-bond acceptors (Lipinski definition) is 4. The molecular weight excluding hydrogens is 204 g/mol. The van der Waals surface area contributed by atoms with Crippen molar-refractivity contribution in [3.05, 3.63) is 0 Å². The number of morpholine rings is 1. The van der Waals surface area contributed by atoms with E-state index in [2.05, 4.69) is 38.3 Å². The summed E-state index contributed by atoms with van der Waals surface area (Å²) in [5.41, 5.74) is 0.0742. The summed E-state index contributed by atoms with van der Waals surface area (Å²) in [5, 5.41) is 6.70. The Kier molecular flexibility index (Phi) is 5.18. The van der Waals surface area contributed by atoms with Gasteiger partial charge in [0, 0.05) is 18.6 Å². The molecule has 3 unspecified atom stereocenters. The van der Waals surface area contributed by atoms with Gasteiger partial charge in [-0.15, -0.1) is 0 Å². The molecule has 4 nitrogen and oxygen atoms in total. The average molecular weight is 230 g/mol. The molecule has 1 fully saturated rings. The van der Waals surface area contributed by atoms with Gasteiger partial charge >= 0.3 is 0 Å². The smallest absolute Gasteiger partial charge is 0.106 e. The van der Waals surface area contributed by atoms with Crippen molar-refractivity contribution in [2.24, 2.45) is 0 Å². The summed E-state index contributed by atoms with van der Waals surface area (Å²) in [7, 11) is 0. The molecule has 3 atom stereocenters. The second kappa shape index (κ2) is 5.96. The van der Waals surface area contributed by atoms with Crippen molar-refractivity contribution in [2.75, 3.05) is 19.7 Å². The summed E-state index contributed by atoms with van der Waals surface area (Å²) < 4.78 is 11.5. The molecule has 0 saturated carbocycles. The highest BCUT2D eigenvalue weighted by molar-refractivity contribution is 4.76. The van der Waals surface area contributed by atoms with Gasteiger partial charge in [0.05, 0.1) is 18.8 Å². The lowest BCUT2D eigenvalue weighted by Gasteiger charge is -2.33. The highest BCUT2D eigenvalue weighted by Gasteiger charge is 2.24. The maximum absolute atomic E-state index is 5.89. The summed E-state index contributed by atoms with van der Waals surface area (Å²) in [5.74, 6) is 0. The summed E-state index contributed by atoms with van der Waals surface area (Å²) in [6.45, 7) is 13.1. The third-order valence-corrected chi connectivity index (χ3v) is 2.53. The molecule has 16 heavy (non-hydrogen) atoms. The molecule has 0 aromatic rings. The Bertz CT molecular complexity index is 198. The Balaban J connectivity index is 2.29. The lowest BCUT2D eigenvalue weighted by Crippen LogP contribution is -2.49. The van der Waals surface area contributed by atoms with E-state index in [1.807, 2.05) is 6.92 Å². The fourth-order valence-electron chi connectivity index (χ4n) is 1.94. The molecule has 0 aliphatic carbocycles. The Labute approximate surface area is 99.1 Å². The van der Waals surface area contributed by atoms with Crippen LogP contribution in [0.15, 0.2) is 0 Å². The van der Waals surface area contributed by atoms with Crippen LogP contribution in [-0.4, -0.2) is 43.7 Å². The van der Waals surface area contributed by atoms with E-state index < -0.39 is 0 Å². The molecule has 2 N–H and O–H groups in total. The van der Waals surface area contributed by atoms with Crippen molar-refractivity contribution >= 4 is 0 Å². The van der Waals surface area contributed by atoms with Crippen LogP contribution in [-0.2, 0) is 9.47 Å². The van der Waals surface area contributed by atoms with Crippen molar-refractivity contribution in [1.29, 1.82) is 0 Å². The third-order valence-electron chi connectivity index (χ3n) is 2.53. The van der Waals surface area contributed by atoms with Crippen LogP contribution in [0.4, 0.5) is 0 Å². The van der Waals surface area contributed by atoms with Crippen LogP contribution in [0.5, 0.6) is 0 Å². The molecule has 0 amide bonds. The van der Waals surface area contributed by atoms with E-state index in [0.29, 0.717) is 0 Å². The Morgan fingerprint density at radius 1 is 1.38 bits per heavy atom. The molecule has 96 valence electrons. The van der Waals surface area contributed by atoms with Gasteiger partial charge < -0.3 is 14.8 Å². The lowest BCUT2D eigenvalue weighted by atomic mass is 10.1. The molecule has 0 radical (unpaired) electrons. The van der Waals surface area contributed by atoms with Gasteiger partial charge in [0.2, 0.25) is 0 Å². The van der Waals surface area contributed by atoms with Crippen LogP contribution in [0.2, 0.25) is 0 Å². The minimum absolute atomic E-state index is 0.0422. The van der Waals surface area contributed by atoms with Crippen molar-refractivity contribution in [3.8, 4) is 0 Å². The van der Waals surface area contributed by atoms with E-state index in [-0.39, 0.29) is 24.0 Å². The highest BCUT2D eigenvalue weighted by Crippen LogP contribution is 2.09. The second-order valence-electron chi connectivity index (χ2n) is 5.49. The largest absolute Gasteiger partial charge is 0.373 e. The molecule has 1 saturated heterocycles. The van der Waals surface area contributed by atoms with E-state index in [0.717, 1.165) is 19.7 Å². The minimum Gasteiger partial charge on any atom is -0.373 e. The first kappa shape index (κ1) is 13.9. The van der Waals surface area contributed by atoms with E-state index in [1.54, 1.807) is 0 Å². The third kappa shape index (κ3) is 5.25. The zero-order valence-corrected chi connectivity index (χ0v) is 11.2. The highest BCUT2D eigenvalue weighted by atomic mass is 16.6. The van der Waals surface area contributed by atoms with E-state index in [4.69, 9.17) is 9.47 Å². The van der Waals surface area contributed by atoms with Gasteiger partial charge in [-0.1, -0.05) is 0 Å². The average Bonchev–Trinajstić information content (AvgIpc) is 2.16. The summed E-state index contributed by atoms with van der Waals surface area (Å²) in [4.78, 5) is 0. The van der Waals surface area contributed by atoms with Crippen LogP contribution >= 0.6 is 0 Å².